The van der Waals surface area contributed by atoms with Crippen molar-refractivity contribution < 1.29 is 14.3 Å². The molecule has 1 N–H and O–H groups in total. The maximum absolute atomic E-state index is 12.9. The molecule has 0 saturated heterocycles. The van der Waals surface area contributed by atoms with Gasteiger partial charge >= 0.3 is 0 Å². The summed E-state index contributed by atoms with van der Waals surface area (Å²) >= 11 is 1.62. The molecule has 0 aliphatic carbocycles. The van der Waals surface area contributed by atoms with Crippen LogP contribution in [0.1, 0.15) is 26.4 Å². The summed E-state index contributed by atoms with van der Waals surface area (Å²) < 4.78 is 12.6. The fourth-order valence-electron chi connectivity index (χ4n) is 2.81. The zero-order valence-corrected chi connectivity index (χ0v) is 16.1. The molecule has 0 unspecified atom stereocenters. The summed E-state index contributed by atoms with van der Waals surface area (Å²) in [6.45, 7) is 4.38. The van der Waals surface area contributed by atoms with Crippen molar-refractivity contribution in [2.45, 2.75) is 20.4 Å². The number of aryl methyl sites for hydroxylation is 1. The number of thiophene rings is 1. The third kappa shape index (κ3) is 3.46. The van der Waals surface area contributed by atoms with E-state index in [4.69, 9.17) is 9.47 Å². The number of hydrogen-bond donors (Lipinski definition) is 1. The van der Waals surface area contributed by atoms with Crippen LogP contribution in [0.2, 0.25) is 0 Å². The highest BCUT2D eigenvalue weighted by Crippen LogP contribution is 2.31. The van der Waals surface area contributed by atoms with Crippen LogP contribution in [0.15, 0.2) is 42.7 Å². The van der Waals surface area contributed by atoms with Gasteiger partial charge in [0.2, 0.25) is 0 Å². The number of methoxy groups -OCH3 is 2. The number of carbonyl (C=O) groups excluding carboxylic acids is 1. The number of ether oxygens (including phenoxy) is 2. The van der Waals surface area contributed by atoms with E-state index < -0.39 is 0 Å². The normalized spacial score (nSPS) is 10.6. The Morgan fingerprint density at radius 3 is 2.54 bits per heavy atom. The average molecular weight is 370 g/mol. The zero-order valence-electron chi connectivity index (χ0n) is 15.3. The highest BCUT2D eigenvalue weighted by molar-refractivity contribution is 7.15. The second-order valence-corrected chi connectivity index (χ2v) is 7.12. The lowest BCUT2D eigenvalue weighted by Crippen LogP contribution is -2.24. The summed E-state index contributed by atoms with van der Waals surface area (Å²) in [4.78, 5) is 14.1. The number of carbonyl (C=O) groups is 1. The van der Waals surface area contributed by atoms with Crippen LogP contribution in [0.3, 0.4) is 0 Å². The molecule has 0 radical (unpaired) electrons. The molecule has 0 atom stereocenters. The number of amides is 1. The van der Waals surface area contributed by atoms with E-state index in [0.29, 0.717) is 12.1 Å². The van der Waals surface area contributed by atoms with Crippen molar-refractivity contribution in [3.05, 3.63) is 64.3 Å². The molecule has 6 heteroatoms. The van der Waals surface area contributed by atoms with Crippen LogP contribution in [-0.4, -0.2) is 24.7 Å². The lowest BCUT2D eigenvalue weighted by Gasteiger charge is -2.12. The van der Waals surface area contributed by atoms with Gasteiger partial charge in [0.05, 0.1) is 19.8 Å². The summed E-state index contributed by atoms with van der Waals surface area (Å²) in [5.41, 5.74) is 2.59. The Kier molecular flexibility index (Phi) is 5.32. The molecule has 0 spiro atoms. The molecule has 136 valence electrons. The van der Waals surface area contributed by atoms with Gasteiger partial charge in [-0.25, -0.2) is 0 Å². The van der Waals surface area contributed by atoms with Crippen LogP contribution >= 0.6 is 11.3 Å². The average Bonchev–Trinajstić information content (AvgIpc) is 3.28. The van der Waals surface area contributed by atoms with E-state index in [-0.39, 0.29) is 5.91 Å². The number of aromatic nitrogens is 1. The highest BCUT2D eigenvalue weighted by atomic mass is 32.1. The number of nitrogens with one attached hydrogen (secondary N) is 1. The molecule has 3 rings (SSSR count). The SMILES string of the molecule is COc1ccc(OC)c(CNC(=O)c2c(-n3cccc3)sc(C)c2C)c1. The minimum absolute atomic E-state index is 0.0968. The van der Waals surface area contributed by atoms with Crippen molar-refractivity contribution in [2.24, 2.45) is 0 Å². The smallest absolute Gasteiger partial charge is 0.254 e. The molecule has 0 aliphatic heterocycles. The first kappa shape index (κ1) is 18.1. The zero-order chi connectivity index (χ0) is 18.7. The minimum atomic E-state index is -0.0968. The van der Waals surface area contributed by atoms with E-state index in [0.717, 1.165) is 32.5 Å². The van der Waals surface area contributed by atoms with Gasteiger partial charge < -0.3 is 19.4 Å². The summed E-state index contributed by atoms with van der Waals surface area (Å²) in [6, 6.07) is 9.45. The molecule has 26 heavy (non-hydrogen) atoms. The molecule has 0 aliphatic rings. The third-order valence-corrected chi connectivity index (χ3v) is 5.58. The Morgan fingerprint density at radius 1 is 1.15 bits per heavy atom. The van der Waals surface area contributed by atoms with Crippen molar-refractivity contribution in [3.63, 3.8) is 0 Å². The largest absolute Gasteiger partial charge is 0.497 e. The van der Waals surface area contributed by atoms with E-state index in [1.54, 1.807) is 25.6 Å². The first-order valence-corrected chi connectivity index (χ1v) is 9.09. The maximum Gasteiger partial charge on any atom is 0.254 e. The molecule has 5 nitrogen and oxygen atoms in total. The first-order chi connectivity index (χ1) is 12.5. The molecular formula is C20H22N2O3S. The summed E-state index contributed by atoms with van der Waals surface area (Å²) in [5.74, 6) is 1.35. The van der Waals surface area contributed by atoms with Gasteiger partial charge in [-0.3, -0.25) is 4.79 Å². The monoisotopic (exact) mass is 370 g/mol. The molecule has 0 bridgehead atoms. The summed E-state index contributed by atoms with van der Waals surface area (Å²) in [5, 5.41) is 3.95. The molecular weight excluding hydrogens is 348 g/mol. The Balaban J connectivity index is 1.86. The lowest BCUT2D eigenvalue weighted by molar-refractivity contribution is 0.0950. The van der Waals surface area contributed by atoms with Crippen molar-refractivity contribution in [1.82, 2.24) is 9.88 Å². The van der Waals surface area contributed by atoms with E-state index >= 15 is 0 Å². The minimum Gasteiger partial charge on any atom is -0.497 e. The third-order valence-electron chi connectivity index (χ3n) is 4.36. The predicted molar refractivity (Wildman–Crippen MR) is 104 cm³/mol. The molecule has 2 aromatic heterocycles. The fourth-order valence-corrected chi connectivity index (χ4v) is 3.93. The van der Waals surface area contributed by atoms with Gasteiger partial charge in [0.15, 0.2) is 0 Å². The Labute approximate surface area is 157 Å². The van der Waals surface area contributed by atoms with Gasteiger partial charge in [-0.1, -0.05) is 0 Å². The lowest BCUT2D eigenvalue weighted by atomic mass is 10.1. The molecule has 1 amide bonds. The molecule has 2 heterocycles. The van der Waals surface area contributed by atoms with Crippen molar-refractivity contribution in [1.29, 1.82) is 0 Å². The van der Waals surface area contributed by atoms with Gasteiger partial charge in [-0.2, -0.15) is 0 Å². The van der Waals surface area contributed by atoms with Crippen LogP contribution in [0.25, 0.3) is 5.00 Å². The Bertz CT molecular complexity index is 914. The quantitative estimate of drug-likeness (QED) is 0.711. The molecule has 1 aromatic carbocycles. The number of nitrogens with zero attached hydrogens (tertiary/aromatic N) is 1. The molecule has 3 aromatic rings. The van der Waals surface area contributed by atoms with Crippen molar-refractivity contribution >= 4 is 17.2 Å². The molecule has 0 fully saturated rings. The van der Waals surface area contributed by atoms with Crippen molar-refractivity contribution in [2.75, 3.05) is 14.2 Å². The second-order valence-electron chi connectivity index (χ2n) is 5.91. The Hall–Kier alpha value is -2.73. The van der Waals surface area contributed by atoms with Crippen LogP contribution in [0.4, 0.5) is 0 Å². The van der Waals surface area contributed by atoms with Crippen LogP contribution in [0, 0.1) is 13.8 Å². The van der Waals surface area contributed by atoms with Gasteiger partial charge in [0.25, 0.3) is 5.91 Å². The topological polar surface area (TPSA) is 52.5 Å². The van der Waals surface area contributed by atoms with Crippen LogP contribution in [0.5, 0.6) is 11.5 Å². The van der Waals surface area contributed by atoms with E-state index in [2.05, 4.69) is 5.32 Å². The number of benzene rings is 1. The van der Waals surface area contributed by atoms with Gasteiger partial charge in [0, 0.05) is 29.4 Å². The summed E-state index contributed by atoms with van der Waals surface area (Å²) in [6.07, 6.45) is 3.90. The van der Waals surface area contributed by atoms with Gasteiger partial charge in [-0.05, 0) is 49.7 Å². The number of rotatable bonds is 6. The van der Waals surface area contributed by atoms with E-state index in [1.807, 2.05) is 61.1 Å². The van der Waals surface area contributed by atoms with E-state index in [1.165, 1.54) is 0 Å². The van der Waals surface area contributed by atoms with E-state index in [9.17, 15) is 4.79 Å². The second kappa shape index (κ2) is 7.66. The first-order valence-electron chi connectivity index (χ1n) is 8.27. The fraction of sp³-hybridized carbons (Fsp3) is 0.250. The van der Waals surface area contributed by atoms with Crippen LogP contribution < -0.4 is 14.8 Å². The number of hydrogen-bond acceptors (Lipinski definition) is 4. The van der Waals surface area contributed by atoms with Gasteiger partial charge in [0.1, 0.15) is 16.5 Å². The predicted octanol–water partition coefficient (Wildman–Crippen LogP) is 4.10. The highest BCUT2D eigenvalue weighted by Gasteiger charge is 2.20. The Morgan fingerprint density at radius 2 is 1.88 bits per heavy atom. The molecule has 0 saturated carbocycles. The van der Waals surface area contributed by atoms with Crippen molar-refractivity contribution in [3.8, 4) is 16.5 Å². The van der Waals surface area contributed by atoms with Crippen LogP contribution in [-0.2, 0) is 6.54 Å². The van der Waals surface area contributed by atoms with Gasteiger partial charge in [-0.15, -0.1) is 11.3 Å². The standard InChI is InChI=1S/C20H22N2O3S/c1-13-14(2)26-20(22-9-5-6-10-22)18(13)19(23)21-12-15-11-16(24-3)7-8-17(15)25-4/h5-11H,12H2,1-4H3,(H,21,23). The summed E-state index contributed by atoms with van der Waals surface area (Å²) in [7, 11) is 3.23. The maximum atomic E-state index is 12.9.